The Balaban J connectivity index is 1.58. The predicted molar refractivity (Wildman–Crippen MR) is 85.8 cm³/mol. The Labute approximate surface area is 142 Å². The minimum absolute atomic E-state index is 0.0666. The van der Waals surface area contributed by atoms with Gasteiger partial charge in [-0.25, -0.2) is 9.78 Å². The van der Waals surface area contributed by atoms with E-state index in [1.54, 1.807) is 42.5 Å². The lowest BCUT2D eigenvalue weighted by atomic mass is 10.2. The molecule has 0 aliphatic rings. The molecule has 0 atom stereocenters. The van der Waals surface area contributed by atoms with Gasteiger partial charge in [-0.15, -0.1) is 21.5 Å². The number of aryl methyl sites for hydroxylation is 2. The van der Waals surface area contributed by atoms with E-state index in [1.807, 2.05) is 12.3 Å². The van der Waals surface area contributed by atoms with Crippen molar-refractivity contribution in [3.8, 4) is 5.75 Å². The summed E-state index contributed by atoms with van der Waals surface area (Å²) in [4.78, 5) is 16.4. The largest absolute Gasteiger partial charge is 0.487 e. The molecule has 0 aliphatic carbocycles. The highest BCUT2D eigenvalue weighted by Crippen LogP contribution is 2.17. The van der Waals surface area contributed by atoms with Crippen LogP contribution in [0.5, 0.6) is 5.75 Å². The molecule has 2 heterocycles. The summed E-state index contributed by atoms with van der Waals surface area (Å²) in [6, 6.07) is 6.79. The molecule has 0 unspecified atom stereocenters. The van der Waals surface area contributed by atoms with Crippen LogP contribution in [0, 0.1) is 13.8 Å². The second-order valence-electron chi connectivity index (χ2n) is 4.97. The molecule has 124 valence electrons. The van der Waals surface area contributed by atoms with E-state index >= 15 is 0 Å². The quantitative estimate of drug-likeness (QED) is 0.634. The summed E-state index contributed by atoms with van der Waals surface area (Å²) in [6.45, 7) is 3.89. The zero-order valence-electron chi connectivity index (χ0n) is 13.2. The molecule has 2 aromatic heterocycles. The molecule has 3 rings (SSSR count). The van der Waals surface area contributed by atoms with E-state index < -0.39 is 5.97 Å². The van der Waals surface area contributed by atoms with Crippen LogP contribution in [0.3, 0.4) is 0 Å². The minimum atomic E-state index is -0.485. The van der Waals surface area contributed by atoms with E-state index in [-0.39, 0.29) is 12.5 Å². The van der Waals surface area contributed by atoms with E-state index in [4.69, 9.17) is 13.9 Å². The van der Waals surface area contributed by atoms with E-state index in [0.29, 0.717) is 23.8 Å². The van der Waals surface area contributed by atoms with Crippen LogP contribution in [-0.4, -0.2) is 21.2 Å². The van der Waals surface area contributed by atoms with Crippen molar-refractivity contribution in [1.82, 2.24) is 15.2 Å². The standard InChI is InChI=1S/C16H15N3O4S/c1-10-18-19-15(23-10)8-22-16(20)12-4-3-5-14(6-12)21-7-13-9-24-11(2)17-13/h3-6,9H,7-8H2,1-2H3. The average Bonchev–Trinajstić information content (AvgIpc) is 3.19. The summed E-state index contributed by atoms with van der Waals surface area (Å²) in [5, 5.41) is 10.4. The molecule has 8 heteroatoms. The van der Waals surface area contributed by atoms with Gasteiger partial charge < -0.3 is 13.9 Å². The molecular formula is C16H15N3O4S. The molecule has 0 radical (unpaired) electrons. The number of ether oxygens (including phenoxy) is 2. The third-order valence-electron chi connectivity index (χ3n) is 3.02. The maximum atomic E-state index is 12.1. The van der Waals surface area contributed by atoms with Crippen LogP contribution in [-0.2, 0) is 18.0 Å². The van der Waals surface area contributed by atoms with Gasteiger partial charge in [0.2, 0.25) is 5.89 Å². The SMILES string of the molecule is Cc1nnc(COC(=O)c2cccc(OCc3csc(C)n3)c2)o1. The van der Waals surface area contributed by atoms with Gasteiger partial charge in [-0.2, -0.15) is 0 Å². The van der Waals surface area contributed by atoms with Crippen LogP contribution in [0.15, 0.2) is 34.1 Å². The summed E-state index contributed by atoms with van der Waals surface area (Å²) >= 11 is 1.57. The van der Waals surface area contributed by atoms with Gasteiger partial charge in [-0.1, -0.05) is 6.07 Å². The summed E-state index contributed by atoms with van der Waals surface area (Å²) in [7, 11) is 0. The van der Waals surface area contributed by atoms with Crippen molar-refractivity contribution in [2.75, 3.05) is 0 Å². The van der Waals surface area contributed by atoms with Crippen molar-refractivity contribution in [3.05, 3.63) is 57.7 Å². The summed E-state index contributed by atoms with van der Waals surface area (Å²) in [5.41, 5.74) is 1.25. The molecule has 3 aromatic rings. The Kier molecular flexibility index (Phi) is 4.85. The van der Waals surface area contributed by atoms with Crippen molar-refractivity contribution in [3.63, 3.8) is 0 Å². The maximum Gasteiger partial charge on any atom is 0.338 e. The first-order valence-corrected chi connectivity index (χ1v) is 8.08. The Bertz CT molecular complexity index is 843. The van der Waals surface area contributed by atoms with Crippen molar-refractivity contribution >= 4 is 17.3 Å². The van der Waals surface area contributed by atoms with Crippen LogP contribution in [0.25, 0.3) is 0 Å². The zero-order valence-corrected chi connectivity index (χ0v) is 14.0. The number of thiazole rings is 1. The van der Waals surface area contributed by atoms with E-state index in [9.17, 15) is 4.79 Å². The van der Waals surface area contributed by atoms with Crippen LogP contribution in [0.4, 0.5) is 0 Å². The second-order valence-corrected chi connectivity index (χ2v) is 6.03. The lowest BCUT2D eigenvalue weighted by Crippen LogP contribution is -2.06. The molecule has 0 amide bonds. The molecule has 0 saturated heterocycles. The van der Waals surface area contributed by atoms with Gasteiger partial charge in [0.15, 0.2) is 6.61 Å². The molecule has 7 nitrogen and oxygen atoms in total. The molecule has 24 heavy (non-hydrogen) atoms. The highest BCUT2D eigenvalue weighted by atomic mass is 32.1. The first kappa shape index (κ1) is 16.1. The van der Waals surface area contributed by atoms with Crippen LogP contribution >= 0.6 is 11.3 Å². The Morgan fingerprint density at radius 2 is 2.12 bits per heavy atom. The number of nitrogens with zero attached hydrogens (tertiary/aromatic N) is 3. The summed E-state index contributed by atoms with van der Waals surface area (Å²) in [5.74, 6) is 0.769. The predicted octanol–water partition coefficient (Wildman–Crippen LogP) is 3.08. The minimum Gasteiger partial charge on any atom is -0.487 e. The van der Waals surface area contributed by atoms with Crippen molar-refractivity contribution in [2.24, 2.45) is 0 Å². The van der Waals surface area contributed by atoms with E-state index in [2.05, 4.69) is 15.2 Å². The molecule has 0 aliphatic heterocycles. The highest BCUT2D eigenvalue weighted by molar-refractivity contribution is 7.09. The number of benzene rings is 1. The maximum absolute atomic E-state index is 12.1. The average molecular weight is 345 g/mol. The third-order valence-corrected chi connectivity index (χ3v) is 3.84. The van der Waals surface area contributed by atoms with Crippen LogP contribution in [0.1, 0.15) is 32.8 Å². The first-order chi connectivity index (χ1) is 11.6. The fourth-order valence-electron chi connectivity index (χ4n) is 1.95. The zero-order chi connectivity index (χ0) is 16.9. The van der Waals surface area contributed by atoms with Gasteiger partial charge in [-0.3, -0.25) is 0 Å². The number of hydrogen-bond donors (Lipinski definition) is 0. The van der Waals surface area contributed by atoms with Gasteiger partial charge in [-0.05, 0) is 25.1 Å². The molecule has 0 fully saturated rings. The molecule has 0 N–H and O–H groups in total. The van der Waals surface area contributed by atoms with E-state index in [1.165, 1.54) is 0 Å². The Hall–Kier alpha value is -2.74. The highest BCUT2D eigenvalue weighted by Gasteiger charge is 2.11. The van der Waals surface area contributed by atoms with Crippen molar-refractivity contribution in [1.29, 1.82) is 0 Å². The lowest BCUT2D eigenvalue weighted by molar-refractivity contribution is 0.0436. The monoisotopic (exact) mass is 345 g/mol. The topological polar surface area (TPSA) is 87.3 Å². The van der Waals surface area contributed by atoms with Gasteiger partial charge in [0, 0.05) is 12.3 Å². The normalized spacial score (nSPS) is 10.6. The van der Waals surface area contributed by atoms with Gasteiger partial charge in [0.05, 0.1) is 16.3 Å². The van der Waals surface area contributed by atoms with Gasteiger partial charge in [0.25, 0.3) is 5.89 Å². The molecule has 1 aromatic carbocycles. The van der Waals surface area contributed by atoms with Crippen molar-refractivity contribution in [2.45, 2.75) is 27.1 Å². The fourth-order valence-corrected chi connectivity index (χ4v) is 2.55. The van der Waals surface area contributed by atoms with Gasteiger partial charge in [0.1, 0.15) is 12.4 Å². The molecule has 0 saturated carbocycles. The molecule has 0 bridgehead atoms. The number of hydrogen-bond acceptors (Lipinski definition) is 8. The smallest absolute Gasteiger partial charge is 0.338 e. The number of carbonyl (C=O) groups excluding carboxylic acids is 1. The first-order valence-electron chi connectivity index (χ1n) is 7.20. The number of esters is 1. The third kappa shape index (κ3) is 4.17. The Morgan fingerprint density at radius 3 is 2.83 bits per heavy atom. The lowest BCUT2D eigenvalue weighted by Gasteiger charge is -2.06. The fraction of sp³-hybridized carbons (Fsp3) is 0.250. The number of aromatic nitrogens is 3. The second kappa shape index (κ2) is 7.22. The molecule has 0 spiro atoms. The summed E-state index contributed by atoms with van der Waals surface area (Å²) < 4.78 is 16.0. The van der Waals surface area contributed by atoms with Gasteiger partial charge >= 0.3 is 5.97 Å². The van der Waals surface area contributed by atoms with Crippen LogP contribution in [0.2, 0.25) is 0 Å². The summed E-state index contributed by atoms with van der Waals surface area (Å²) in [6.07, 6.45) is 0. The van der Waals surface area contributed by atoms with Crippen LogP contribution < -0.4 is 4.74 Å². The van der Waals surface area contributed by atoms with E-state index in [0.717, 1.165) is 10.7 Å². The number of rotatable bonds is 6. The molecular weight excluding hydrogens is 330 g/mol. The number of carbonyl (C=O) groups is 1. The van der Waals surface area contributed by atoms with Crippen molar-refractivity contribution < 1.29 is 18.7 Å². The Morgan fingerprint density at radius 1 is 1.25 bits per heavy atom.